The standard InChI is InChI=1S/C10H8ClN5OS/c11-6-1-3-7(4-2-6)17-5-8-13-14-9-12-10(18)15-16(8)9/h1-4H,5H2,(H2,12,14,15,18). The first-order valence-electron chi connectivity index (χ1n) is 5.13. The van der Waals surface area contributed by atoms with Gasteiger partial charge in [-0.1, -0.05) is 11.6 Å². The van der Waals surface area contributed by atoms with Crippen LogP contribution in [0.2, 0.25) is 5.02 Å². The Morgan fingerprint density at radius 2 is 2.11 bits per heavy atom. The van der Waals surface area contributed by atoms with Gasteiger partial charge in [0.05, 0.1) is 0 Å². The summed E-state index contributed by atoms with van der Waals surface area (Å²) in [6.45, 7) is 0.295. The molecule has 3 rings (SSSR count). The van der Waals surface area contributed by atoms with Gasteiger partial charge in [-0.3, -0.25) is 5.10 Å². The Labute approximate surface area is 112 Å². The molecule has 0 aliphatic carbocycles. The number of fused-ring (bicyclic) bond motifs is 1. The Bertz CT molecular complexity index is 729. The van der Waals surface area contributed by atoms with Crippen LogP contribution < -0.4 is 4.74 Å². The lowest BCUT2D eigenvalue weighted by Gasteiger charge is -2.03. The van der Waals surface area contributed by atoms with Gasteiger partial charge in [-0.15, -0.1) is 0 Å². The molecule has 8 heteroatoms. The fourth-order valence-electron chi connectivity index (χ4n) is 1.52. The highest BCUT2D eigenvalue weighted by atomic mass is 35.5. The predicted octanol–water partition coefficient (Wildman–Crippen LogP) is 2.35. The second-order valence-corrected chi connectivity index (χ2v) is 4.39. The summed E-state index contributed by atoms with van der Waals surface area (Å²) in [5, 5.41) is 10.4. The first-order chi connectivity index (χ1) is 8.72. The lowest BCUT2D eigenvalue weighted by atomic mass is 10.3. The predicted molar refractivity (Wildman–Crippen MR) is 68.3 cm³/mol. The maximum Gasteiger partial charge on any atom is 0.247 e. The van der Waals surface area contributed by atoms with Crippen molar-refractivity contribution in [1.82, 2.24) is 24.8 Å². The molecular formula is C10H8ClN5OS. The van der Waals surface area contributed by atoms with Gasteiger partial charge in [-0.05, 0) is 36.5 Å². The zero-order valence-electron chi connectivity index (χ0n) is 9.05. The molecule has 2 N–H and O–H groups in total. The Kier molecular flexibility index (Phi) is 2.77. The third-order valence-corrected chi connectivity index (χ3v) is 2.79. The monoisotopic (exact) mass is 281 g/mol. The fourth-order valence-corrected chi connectivity index (χ4v) is 1.83. The normalized spacial score (nSPS) is 10.9. The van der Waals surface area contributed by atoms with Crippen LogP contribution in [0.15, 0.2) is 24.3 Å². The number of benzene rings is 1. The number of halogens is 1. The number of hydrogen-bond acceptors (Lipinski definition) is 4. The number of nitrogens with zero attached hydrogens (tertiary/aromatic N) is 3. The third-order valence-electron chi connectivity index (χ3n) is 2.35. The average molecular weight is 282 g/mol. The number of nitrogens with one attached hydrogen (secondary N) is 2. The molecule has 3 aromatic rings. The molecule has 0 atom stereocenters. The Hall–Kier alpha value is -1.86. The van der Waals surface area contributed by atoms with Crippen molar-refractivity contribution in [2.75, 3.05) is 0 Å². The molecule has 0 saturated heterocycles. The van der Waals surface area contributed by atoms with E-state index in [1.807, 2.05) is 0 Å². The average Bonchev–Trinajstić information content (AvgIpc) is 2.88. The molecule has 18 heavy (non-hydrogen) atoms. The third kappa shape index (κ3) is 2.09. The molecular weight excluding hydrogens is 274 g/mol. The lowest BCUT2D eigenvalue weighted by molar-refractivity contribution is 0.292. The number of aromatic nitrogens is 5. The van der Waals surface area contributed by atoms with Gasteiger partial charge in [0, 0.05) is 5.02 Å². The highest BCUT2D eigenvalue weighted by molar-refractivity contribution is 7.71. The van der Waals surface area contributed by atoms with Gasteiger partial charge < -0.3 is 4.74 Å². The smallest absolute Gasteiger partial charge is 0.247 e. The van der Waals surface area contributed by atoms with E-state index in [0.717, 1.165) is 0 Å². The minimum absolute atomic E-state index is 0.295. The van der Waals surface area contributed by atoms with Crippen molar-refractivity contribution in [1.29, 1.82) is 0 Å². The van der Waals surface area contributed by atoms with Crippen LogP contribution in [0.1, 0.15) is 5.82 Å². The van der Waals surface area contributed by atoms with Crippen LogP contribution in [0.3, 0.4) is 0 Å². The minimum Gasteiger partial charge on any atom is -0.486 e. The molecule has 2 aromatic heterocycles. The van der Waals surface area contributed by atoms with Crippen LogP contribution in [-0.2, 0) is 6.61 Å². The summed E-state index contributed by atoms with van der Waals surface area (Å²) in [5.74, 6) is 1.94. The van der Waals surface area contributed by atoms with Gasteiger partial charge in [0.15, 0.2) is 5.82 Å². The molecule has 0 saturated carbocycles. The summed E-state index contributed by atoms with van der Waals surface area (Å²) < 4.78 is 7.63. The molecule has 0 bridgehead atoms. The maximum absolute atomic E-state index is 5.79. The number of ether oxygens (including phenoxy) is 1. The van der Waals surface area contributed by atoms with Crippen LogP contribution in [0.4, 0.5) is 0 Å². The van der Waals surface area contributed by atoms with E-state index in [2.05, 4.69) is 20.3 Å². The van der Waals surface area contributed by atoms with Crippen LogP contribution in [0, 0.1) is 4.77 Å². The summed E-state index contributed by atoms with van der Waals surface area (Å²) in [6, 6.07) is 7.12. The van der Waals surface area contributed by atoms with Crippen LogP contribution in [-0.4, -0.2) is 24.8 Å². The molecule has 0 spiro atoms. The summed E-state index contributed by atoms with van der Waals surface area (Å²) in [5.41, 5.74) is 0. The van der Waals surface area contributed by atoms with Gasteiger partial charge in [0.1, 0.15) is 12.4 Å². The van der Waals surface area contributed by atoms with E-state index in [0.29, 0.717) is 33.8 Å². The van der Waals surface area contributed by atoms with Crippen molar-refractivity contribution in [2.45, 2.75) is 6.61 Å². The zero-order chi connectivity index (χ0) is 12.5. The van der Waals surface area contributed by atoms with Crippen LogP contribution in [0.5, 0.6) is 5.75 Å². The van der Waals surface area contributed by atoms with E-state index < -0.39 is 0 Å². The van der Waals surface area contributed by atoms with Gasteiger partial charge in [-0.2, -0.15) is 14.6 Å². The lowest BCUT2D eigenvalue weighted by Crippen LogP contribution is -2.01. The minimum atomic E-state index is 0.295. The van der Waals surface area contributed by atoms with Crippen LogP contribution in [0.25, 0.3) is 5.78 Å². The molecule has 6 nitrogen and oxygen atoms in total. The SMILES string of the molecule is S=c1nc2[nH]nc(COc3ccc(Cl)cc3)n2[nH]1. The highest BCUT2D eigenvalue weighted by Gasteiger charge is 2.07. The molecule has 0 unspecified atom stereocenters. The van der Waals surface area contributed by atoms with Crippen molar-refractivity contribution < 1.29 is 4.74 Å². The van der Waals surface area contributed by atoms with Gasteiger partial charge in [0.25, 0.3) is 0 Å². The van der Waals surface area contributed by atoms with E-state index in [1.165, 1.54) is 0 Å². The van der Waals surface area contributed by atoms with Crippen molar-refractivity contribution in [3.05, 3.63) is 39.9 Å². The molecule has 0 aliphatic heterocycles. The van der Waals surface area contributed by atoms with E-state index in [-0.39, 0.29) is 0 Å². The van der Waals surface area contributed by atoms with Gasteiger partial charge >= 0.3 is 0 Å². The maximum atomic E-state index is 5.79. The number of H-pyrrole nitrogens is 2. The van der Waals surface area contributed by atoms with Crippen molar-refractivity contribution in [3.63, 3.8) is 0 Å². The molecule has 0 radical (unpaired) electrons. The van der Waals surface area contributed by atoms with Crippen molar-refractivity contribution >= 4 is 29.6 Å². The first-order valence-corrected chi connectivity index (χ1v) is 5.91. The van der Waals surface area contributed by atoms with Crippen LogP contribution >= 0.6 is 23.8 Å². The fraction of sp³-hybridized carbons (Fsp3) is 0.100. The van der Waals surface area contributed by atoms with E-state index in [4.69, 9.17) is 28.6 Å². The van der Waals surface area contributed by atoms with Crippen molar-refractivity contribution in [3.8, 4) is 5.75 Å². The largest absolute Gasteiger partial charge is 0.486 e. The molecule has 0 aliphatic rings. The van der Waals surface area contributed by atoms with E-state index in [9.17, 15) is 0 Å². The topological polar surface area (TPSA) is 71.0 Å². The molecule has 1 aromatic carbocycles. The summed E-state index contributed by atoms with van der Waals surface area (Å²) in [4.78, 5) is 4.03. The molecule has 2 heterocycles. The van der Waals surface area contributed by atoms with E-state index >= 15 is 0 Å². The first kappa shape index (κ1) is 11.2. The number of aromatic amines is 2. The van der Waals surface area contributed by atoms with Crippen molar-refractivity contribution in [2.24, 2.45) is 0 Å². The van der Waals surface area contributed by atoms with Gasteiger partial charge in [0.2, 0.25) is 10.5 Å². The Morgan fingerprint density at radius 1 is 1.33 bits per heavy atom. The van der Waals surface area contributed by atoms with E-state index in [1.54, 1.807) is 28.8 Å². The molecule has 92 valence electrons. The zero-order valence-corrected chi connectivity index (χ0v) is 10.6. The molecule has 0 fully saturated rings. The molecule has 0 amide bonds. The number of rotatable bonds is 3. The van der Waals surface area contributed by atoms with Gasteiger partial charge in [-0.25, -0.2) is 5.10 Å². The summed E-state index contributed by atoms with van der Waals surface area (Å²) in [6.07, 6.45) is 0. The highest BCUT2D eigenvalue weighted by Crippen LogP contribution is 2.16. The second kappa shape index (κ2) is 4.43. The number of hydrogen-bond donors (Lipinski definition) is 2. The Balaban J connectivity index is 1.80. The summed E-state index contributed by atoms with van der Waals surface area (Å²) >= 11 is 10.7. The second-order valence-electron chi connectivity index (χ2n) is 3.57. The summed E-state index contributed by atoms with van der Waals surface area (Å²) in [7, 11) is 0. The quantitative estimate of drug-likeness (QED) is 0.723. The Morgan fingerprint density at radius 3 is 2.89 bits per heavy atom.